The van der Waals surface area contributed by atoms with Gasteiger partial charge in [0.2, 0.25) is 0 Å². The molecule has 2 aromatic heterocycles. The van der Waals surface area contributed by atoms with E-state index in [9.17, 15) is 8.42 Å². The van der Waals surface area contributed by atoms with Gasteiger partial charge in [-0.15, -0.1) is 11.6 Å². The molecule has 0 saturated carbocycles. The van der Waals surface area contributed by atoms with E-state index in [1.807, 2.05) is 10.6 Å². The number of imidazole rings is 1. The van der Waals surface area contributed by atoms with Crippen molar-refractivity contribution in [1.29, 1.82) is 0 Å². The molecule has 0 N–H and O–H groups in total. The third-order valence-corrected chi connectivity index (χ3v) is 6.25. The Balaban J connectivity index is 2.58. The molecule has 0 radical (unpaired) electrons. The molecule has 0 spiro atoms. The van der Waals surface area contributed by atoms with Crippen molar-refractivity contribution in [3.63, 3.8) is 0 Å². The van der Waals surface area contributed by atoms with Gasteiger partial charge in [-0.2, -0.15) is 0 Å². The Bertz CT molecular complexity index is 771. The first-order valence-corrected chi connectivity index (χ1v) is 9.64. The van der Waals surface area contributed by atoms with Crippen LogP contribution in [0.1, 0.15) is 19.7 Å². The molecule has 8 heteroatoms. The third kappa shape index (κ3) is 3.40. The molecule has 116 valence electrons. The molecule has 0 amide bonds. The molecule has 2 heterocycles. The number of sulfone groups is 1. The van der Waals surface area contributed by atoms with Crippen molar-refractivity contribution in [2.24, 2.45) is 0 Å². The predicted molar refractivity (Wildman–Crippen MR) is 88.6 cm³/mol. The molecule has 0 aliphatic rings. The number of aromatic nitrogens is 3. The standard InChI is InChI=1S/C13H17BrClN3O2S/c1-13(2,21(3,19)20)8-18-11(4-5-15)17-10-6-9(14)7-16-12(10)18/h6-7H,4-5,8H2,1-3H3. The average molecular weight is 395 g/mol. The fraction of sp³-hybridized carbons (Fsp3) is 0.538. The highest BCUT2D eigenvalue weighted by molar-refractivity contribution is 9.10. The van der Waals surface area contributed by atoms with Crippen molar-refractivity contribution < 1.29 is 8.42 Å². The van der Waals surface area contributed by atoms with Crippen molar-refractivity contribution in [2.75, 3.05) is 12.1 Å². The Hall–Kier alpha value is -0.660. The van der Waals surface area contributed by atoms with Gasteiger partial charge in [0, 0.05) is 35.8 Å². The van der Waals surface area contributed by atoms with Crippen molar-refractivity contribution in [3.8, 4) is 0 Å². The Morgan fingerprint density at radius 2 is 2.10 bits per heavy atom. The fourth-order valence-corrected chi connectivity index (χ4v) is 2.82. The monoisotopic (exact) mass is 393 g/mol. The maximum absolute atomic E-state index is 12.0. The number of halogens is 2. The van der Waals surface area contributed by atoms with Gasteiger partial charge in [-0.25, -0.2) is 18.4 Å². The molecular formula is C13H17BrClN3O2S. The van der Waals surface area contributed by atoms with Crippen LogP contribution in [0.15, 0.2) is 16.7 Å². The van der Waals surface area contributed by atoms with Gasteiger partial charge in [0.1, 0.15) is 11.3 Å². The highest BCUT2D eigenvalue weighted by atomic mass is 79.9. The van der Waals surface area contributed by atoms with E-state index in [2.05, 4.69) is 25.9 Å². The summed E-state index contributed by atoms with van der Waals surface area (Å²) >= 11 is 9.19. The summed E-state index contributed by atoms with van der Waals surface area (Å²) in [5.74, 6) is 1.17. The van der Waals surface area contributed by atoms with Gasteiger partial charge in [-0.3, -0.25) is 0 Å². The summed E-state index contributed by atoms with van der Waals surface area (Å²) in [5, 5.41) is 0. The number of hydrogen-bond donors (Lipinski definition) is 0. The zero-order chi connectivity index (χ0) is 15.8. The maximum atomic E-state index is 12.0. The Kier molecular flexibility index (Phi) is 4.66. The van der Waals surface area contributed by atoms with E-state index in [0.29, 0.717) is 24.5 Å². The number of hydrogen-bond acceptors (Lipinski definition) is 4. The van der Waals surface area contributed by atoms with E-state index < -0.39 is 14.6 Å². The van der Waals surface area contributed by atoms with Crippen LogP contribution in [-0.4, -0.2) is 39.8 Å². The van der Waals surface area contributed by atoms with Crippen LogP contribution in [-0.2, 0) is 22.8 Å². The van der Waals surface area contributed by atoms with Crippen LogP contribution in [0.2, 0.25) is 0 Å². The lowest BCUT2D eigenvalue weighted by molar-refractivity contribution is 0.499. The summed E-state index contributed by atoms with van der Waals surface area (Å²) in [6.45, 7) is 3.71. The van der Waals surface area contributed by atoms with Crippen LogP contribution in [0.5, 0.6) is 0 Å². The van der Waals surface area contributed by atoms with Gasteiger partial charge in [0.15, 0.2) is 15.5 Å². The van der Waals surface area contributed by atoms with Crippen LogP contribution in [0, 0.1) is 0 Å². The maximum Gasteiger partial charge on any atom is 0.160 e. The van der Waals surface area contributed by atoms with Gasteiger partial charge < -0.3 is 4.57 Å². The predicted octanol–water partition coefficient (Wildman–Crippen LogP) is 2.80. The van der Waals surface area contributed by atoms with E-state index in [1.165, 1.54) is 6.26 Å². The zero-order valence-corrected chi connectivity index (χ0v) is 15.3. The topological polar surface area (TPSA) is 64.8 Å². The van der Waals surface area contributed by atoms with Crippen LogP contribution in [0.25, 0.3) is 11.2 Å². The minimum atomic E-state index is -3.21. The van der Waals surface area contributed by atoms with E-state index in [-0.39, 0.29) is 0 Å². The lowest BCUT2D eigenvalue weighted by Crippen LogP contribution is -2.36. The Morgan fingerprint density at radius 1 is 1.43 bits per heavy atom. The second-order valence-electron chi connectivity index (χ2n) is 5.58. The summed E-state index contributed by atoms with van der Waals surface area (Å²) in [7, 11) is -3.21. The molecular weight excluding hydrogens is 378 g/mol. The molecule has 0 saturated heterocycles. The second-order valence-corrected chi connectivity index (χ2v) is 9.52. The fourth-order valence-electron chi connectivity index (χ4n) is 1.97. The van der Waals surface area contributed by atoms with Gasteiger partial charge in [-0.05, 0) is 35.8 Å². The van der Waals surface area contributed by atoms with Gasteiger partial charge in [-0.1, -0.05) is 0 Å². The molecule has 0 atom stereocenters. The molecule has 0 fully saturated rings. The molecule has 21 heavy (non-hydrogen) atoms. The molecule has 0 aromatic carbocycles. The number of aryl methyl sites for hydroxylation is 1. The van der Waals surface area contributed by atoms with Crippen molar-refractivity contribution in [1.82, 2.24) is 14.5 Å². The molecule has 0 aliphatic heterocycles. The normalized spacial score (nSPS) is 13.0. The first kappa shape index (κ1) is 16.7. The number of nitrogens with zero attached hydrogens (tertiary/aromatic N) is 3. The smallest absolute Gasteiger partial charge is 0.160 e. The molecule has 2 rings (SSSR count). The van der Waals surface area contributed by atoms with Crippen LogP contribution in [0.4, 0.5) is 0 Å². The van der Waals surface area contributed by atoms with E-state index in [0.717, 1.165) is 15.8 Å². The van der Waals surface area contributed by atoms with E-state index in [4.69, 9.17) is 11.6 Å². The first-order valence-electron chi connectivity index (χ1n) is 6.42. The van der Waals surface area contributed by atoms with Gasteiger partial charge in [0.25, 0.3) is 0 Å². The van der Waals surface area contributed by atoms with E-state index >= 15 is 0 Å². The molecule has 0 bridgehead atoms. The second kappa shape index (κ2) is 5.85. The highest BCUT2D eigenvalue weighted by Crippen LogP contribution is 2.24. The third-order valence-electron chi connectivity index (χ3n) is 3.49. The first-order chi connectivity index (χ1) is 9.65. The number of pyridine rings is 1. The number of alkyl halides is 1. The summed E-state index contributed by atoms with van der Waals surface area (Å²) in [5.41, 5.74) is 1.41. The van der Waals surface area contributed by atoms with Crippen molar-refractivity contribution >= 4 is 48.5 Å². The van der Waals surface area contributed by atoms with Gasteiger partial charge >= 0.3 is 0 Å². The van der Waals surface area contributed by atoms with Crippen LogP contribution < -0.4 is 0 Å². The number of fused-ring (bicyclic) bond motifs is 1. The molecule has 0 aliphatic carbocycles. The minimum absolute atomic E-state index is 0.295. The van der Waals surface area contributed by atoms with Crippen LogP contribution in [0.3, 0.4) is 0 Å². The van der Waals surface area contributed by atoms with Gasteiger partial charge in [0.05, 0.1) is 4.75 Å². The summed E-state index contributed by atoms with van der Waals surface area (Å²) in [6, 6.07) is 1.87. The summed E-state index contributed by atoms with van der Waals surface area (Å²) in [6.07, 6.45) is 3.49. The Labute approximate surface area is 137 Å². The largest absolute Gasteiger partial charge is 0.311 e. The van der Waals surface area contributed by atoms with Crippen molar-refractivity contribution in [3.05, 3.63) is 22.6 Å². The molecule has 2 aromatic rings. The molecule has 5 nitrogen and oxygen atoms in total. The number of rotatable bonds is 5. The molecule has 0 unspecified atom stereocenters. The summed E-state index contributed by atoms with van der Waals surface area (Å²) in [4.78, 5) is 8.89. The summed E-state index contributed by atoms with van der Waals surface area (Å²) < 4.78 is 25.7. The lowest BCUT2D eigenvalue weighted by atomic mass is 10.2. The SMILES string of the molecule is CC(C)(Cn1c(CCCl)nc2cc(Br)cnc21)S(C)(=O)=O. The quantitative estimate of drug-likeness (QED) is 0.732. The zero-order valence-electron chi connectivity index (χ0n) is 12.1. The average Bonchev–Trinajstić information content (AvgIpc) is 2.65. The highest BCUT2D eigenvalue weighted by Gasteiger charge is 2.32. The van der Waals surface area contributed by atoms with Crippen LogP contribution >= 0.6 is 27.5 Å². The minimum Gasteiger partial charge on any atom is -0.311 e. The van der Waals surface area contributed by atoms with Crippen molar-refractivity contribution in [2.45, 2.75) is 31.6 Å². The lowest BCUT2D eigenvalue weighted by Gasteiger charge is -2.24. The van der Waals surface area contributed by atoms with E-state index in [1.54, 1.807) is 20.0 Å². The Morgan fingerprint density at radius 3 is 2.67 bits per heavy atom.